The molecule has 22 heteroatoms. The van der Waals surface area contributed by atoms with E-state index < -0.39 is 6.09 Å². The lowest BCUT2D eigenvalue weighted by Crippen LogP contribution is -2.34. The van der Waals surface area contributed by atoms with E-state index in [4.69, 9.17) is 63.0 Å². The van der Waals surface area contributed by atoms with Gasteiger partial charge in [-0.1, -0.05) is 19.1 Å². The van der Waals surface area contributed by atoms with Gasteiger partial charge in [0.25, 0.3) is 5.91 Å². The fourth-order valence-corrected chi connectivity index (χ4v) is 5.81. The molecule has 0 bridgehead atoms. The minimum atomic E-state index is -1.07. The number of carboxylic acid groups (broad SMARTS) is 1. The zero-order valence-electron chi connectivity index (χ0n) is 38.9. The maximum Gasteiger partial charge on any atom is 0.404 e. The number of amides is 3. The number of ether oxygens (including phenoxy) is 10. The van der Waals surface area contributed by atoms with E-state index in [0.717, 1.165) is 16.7 Å². The van der Waals surface area contributed by atoms with E-state index in [0.29, 0.717) is 175 Å². The first kappa shape index (κ1) is 56.6. The third kappa shape index (κ3) is 28.3. The van der Waals surface area contributed by atoms with Gasteiger partial charge in [0.15, 0.2) is 0 Å². The van der Waals surface area contributed by atoms with Crippen molar-refractivity contribution >= 4 is 35.5 Å². The van der Waals surface area contributed by atoms with Crippen LogP contribution in [0.1, 0.15) is 38.2 Å². The van der Waals surface area contributed by atoms with Gasteiger partial charge in [-0.15, -0.1) is 0 Å². The number of nitrogens with zero attached hydrogens (tertiary/aromatic N) is 4. The number of carbonyl (C=O) groups excluding carboxylic acids is 2. The fraction of sp³-hybridized carbons (Fsp3) is 0.644. The Morgan fingerprint density at radius 3 is 1.57 bits per heavy atom. The Kier molecular flexibility index (Phi) is 32.3. The molecular weight excluding hydrogens is 879 g/mol. The van der Waals surface area contributed by atoms with Gasteiger partial charge in [0.05, 0.1) is 144 Å². The number of aliphatic imine (C=N–C) groups is 1. The molecule has 3 amide bonds. The summed E-state index contributed by atoms with van der Waals surface area (Å²) in [4.78, 5) is 54.8. The Bertz CT molecular complexity index is 1690. The number of hydroxylamine groups is 2. The maximum atomic E-state index is 13.6. The van der Waals surface area contributed by atoms with E-state index in [9.17, 15) is 14.4 Å². The van der Waals surface area contributed by atoms with Crippen LogP contribution in [0.15, 0.2) is 47.5 Å². The van der Waals surface area contributed by atoms with E-state index in [2.05, 4.69) is 25.6 Å². The second-order valence-electron chi connectivity index (χ2n) is 14.4. The van der Waals surface area contributed by atoms with Gasteiger partial charge < -0.3 is 68.8 Å². The lowest BCUT2D eigenvalue weighted by atomic mass is 10.0. The molecule has 1 aromatic heterocycles. The summed E-state index contributed by atoms with van der Waals surface area (Å²) < 4.78 is 54.5. The molecule has 376 valence electrons. The van der Waals surface area contributed by atoms with E-state index in [-0.39, 0.29) is 37.8 Å². The van der Waals surface area contributed by atoms with E-state index in [1.54, 1.807) is 18.5 Å². The number of rotatable bonds is 42. The molecule has 5 N–H and O–H groups in total. The maximum absolute atomic E-state index is 13.6. The van der Waals surface area contributed by atoms with Gasteiger partial charge in [0.2, 0.25) is 5.91 Å². The first-order valence-corrected chi connectivity index (χ1v) is 22.8. The van der Waals surface area contributed by atoms with Crippen LogP contribution in [-0.2, 0) is 61.8 Å². The highest BCUT2D eigenvalue weighted by Crippen LogP contribution is 2.31. The Morgan fingerprint density at radius 1 is 0.642 bits per heavy atom. The minimum absolute atomic E-state index is 0.130. The molecule has 3 rings (SSSR count). The summed E-state index contributed by atoms with van der Waals surface area (Å²) in [6, 6.07) is 5.72. The molecule has 0 radical (unpaired) electrons. The third-order valence-corrected chi connectivity index (χ3v) is 9.05. The van der Waals surface area contributed by atoms with Crippen LogP contribution < -0.4 is 16.4 Å². The van der Waals surface area contributed by atoms with Crippen molar-refractivity contribution in [3.8, 4) is 11.1 Å². The molecule has 0 fully saturated rings. The Labute approximate surface area is 393 Å². The summed E-state index contributed by atoms with van der Waals surface area (Å²) in [7, 11) is 0. The number of nitrogens with two attached hydrogens (primary N) is 1. The zero-order valence-corrected chi connectivity index (χ0v) is 38.9. The Hall–Kier alpha value is -4.72. The molecule has 0 aliphatic carbocycles. The van der Waals surface area contributed by atoms with Crippen molar-refractivity contribution in [2.24, 2.45) is 10.7 Å². The monoisotopic (exact) mass is 950 g/mol. The van der Waals surface area contributed by atoms with E-state index >= 15 is 0 Å². The van der Waals surface area contributed by atoms with Crippen LogP contribution in [-0.4, -0.2) is 202 Å². The lowest BCUT2D eigenvalue weighted by Gasteiger charge is -2.22. The van der Waals surface area contributed by atoms with Crippen LogP contribution in [0, 0.1) is 0 Å². The highest BCUT2D eigenvalue weighted by molar-refractivity contribution is 6.05. The third-order valence-electron chi connectivity index (χ3n) is 9.05. The van der Waals surface area contributed by atoms with Crippen LogP contribution in [0.5, 0.6) is 0 Å². The number of aromatic nitrogens is 2. The Balaban J connectivity index is 1.04. The lowest BCUT2D eigenvalue weighted by molar-refractivity contribution is -0.182. The molecule has 0 unspecified atom stereocenters. The highest BCUT2D eigenvalue weighted by atomic mass is 16.7. The molecular formula is C45H71N7O15. The summed E-state index contributed by atoms with van der Waals surface area (Å²) in [5.41, 5.74) is 9.86. The quantitative estimate of drug-likeness (QED) is 0.0550. The second kappa shape index (κ2) is 38.3. The first-order valence-electron chi connectivity index (χ1n) is 22.8. The molecule has 2 heterocycles. The molecule has 0 saturated carbocycles. The van der Waals surface area contributed by atoms with Crippen molar-refractivity contribution in [2.75, 3.05) is 158 Å². The smallest absolute Gasteiger partial charge is 0.404 e. The fourth-order valence-electron chi connectivity index (χ4n) is 5.81. The molecule has 0 atom stereocenters. The summed E-state index contributed by atoms with van der Waals surface area (Å²) in [5, 5.41) is 14.8. The summed E-state index contributed by atoms with van der Waals surface area (Å²) >= 11 is 0. The van der Waals surface area contributed by atoms with Gasteiger partial charge in [0.1, 0.15) is 12.2 Å². The van der Waals surface area contributed by atoms with Crippen LogP contribution in [0.4, 0.5) is 10.5 Å². The van der Waals surface area contributed by atoms with Crippen molar-refractivity contribution in [2.45, 2.75) is 32.6 Å². The van der Waals surface area contributed by atoms with Crippen molar-refractivity contribution in [3.63, 3.8) is 0 Å². The Morgan fingerprint density at radius 2 is 1.10 bits per heavy atom. The van der Waals surface area contributed by atoms with E-state index in [1.807, 2.05) is 25.1 Å². The largest absolute Gasteiger partial charge is 0.465 e. The van der Waals surface area contributed by atoms with Crippen molar-refractivity contribution in [1.29, 1.82) is 0 Å². The van der Waals surface area contributed by atoms with Gasteiger partial charge >= 0.3 is 6.09 Å². The predicted octanol–water partition coefficient (Wildman–Crippen LogP) is 2.42. The normalized spacial score (nSPS) is 12.3. The summed E-state index contributed by atoms with van der Waals surface area (Å²) in [6.07, 6.45) is 7.18. The van der Waals surface area contributed by atoms with Crippen LogP contribution >= 0.6 is 0 Å². The molecule has 1 aliphatic rings. The number of fused-ring (bicyclic) bond motifs is 1. The SMILES string of the molecule is CCCN(OCCCC(=O)NCCOCCOCCOCCOCCOCCOCCOCCOCCOCCOCCNC(=O)O)C(=O)C1=Cc2ccc(-c3cncnc3)cc2N=C(N)C1. The topological polar surface area (TPSA) is 264 Å². The first-order chi connectivity index (χ1) is 32.9. The minimum Gasteiger partial charge on any atom is -0.465 e. The van der Waals surface area contributed by atoms with Gasteiger partial charge in [-0.25, -0.2) is 24.8 Å². The van der Waals surface area contributed by atoms with Gasteiger partial charge in [-0.3, -0.25) is 14.4 Å². The second-order valence-corrected chi connectivity index (χ2v) is 14.4. The van der Waals surface area contributed by atoms with Crippen molar-refractivity contribution in [3.05, 3.63) is 48.1 Å². The standard InChI is InChI=1S/C45H71N7O15/c1-2-9-52(44(54)39-31-38-6-5-37(40-34-47-36-48-35-40)32-41(38)51-42(46)33-39)67-10-3-4-43(53)49-7-11-57-13-15-59-17-19-61-21-23-63-25-27-65-29-30-66-28-26-64-24-22-62-20-18-60-16-14-58-12-8-50-45(55)56/h5-6,31-32,34-36,50H,2-4,7-30,33H2,1H3,(H2,46,51)(H,49,53)(H,55,56). The van der Waals surface area contributed by atoms with Gasteiger partial charge in [-0.05, 0) is 30.5 Å². The number of amidine groups is 1. The zero-order chi connectivity index (χ0) is 47.8. The highest BCUT2D eigenvalue weighted by Gasteiger charge is 2.22. The molecule has 2 aromatic rings. The van der Waals surface area contributed by atoms with Gasteiger partial charge in [-0.2, -0.15) is 0 Å². The summed E-state index contributed by atoms with van der Waals surface area (Å²) in [6.45, 7) is 11.7. The van der Waals surface area contributed by atoms with Crippen molar-refractivity contribution < 1.29 is 71.7 Å². The number of nitrogens with one attached hydrogen (secondary N) is 2. The number of hydrogen-bond acceptors (Lipinski definition) is 18. The average Bonchev–Trinajstić information content (AvgIpc) is 3.50. The molecule has 67 heavy (non-hydrogen) atoms. The molecule has 0 spiro atoms. The van der Waals surface area contributed by atoms with Gasteiger partial charge in [0, 0.05) is 61.6 Å². The average molecular weight is 950 g/mol. The number of hydrogen-bond donors (Lipinski definition) is 4. The van der Waals surface area contributed by atoms with Crippen LogP contribution in [0.3, 0.4) is 0 Å². The molecule has 1 aliphatic heterocycles. The number of carbonyl (C=O) groups is 3. The summed E-state index contributed by atoms with van der Waals surface area (Å²) in [5.74, 6) is -0.102. The van der Waals surface area contributed by atoms with Crippen LogP contribution in [0.25, 0.3) is 17.2 Å². The van der Waals surface area contributed by atoms with E-state index in [1.165, 1.54) is 11.4 Å². The number of benzene rings is 1. The molecule has 0 saturated heterocycles. The van der Waals surface area contributed by atoms with Crippen molar-refractivity contribution in [1.82, 2.24) is 25.7 Å². The molecule has 1 aromatic carbocycles. The predicted molar refractivity (Wildman–Crippen MR) is 246 cm³/mol. The molecule has 22 nitrogen and oxygen atoms in total. The van der Waals surface area contributed by atoms with Crippen LogP contribution in [0.2, 0.25) is 0 Å².